The number of nitrogens with zero attached hydrogens (tertiary/aromatic N) is 5. The Morgan fingerprint density at radius 3 is 2.97 bits per heavy atom. The smallest absolute Gasteiger partial charge is 0.320 e. The Morgan fingerprint density at radius 2 is 2.19 bits per heavy atom. The normalized spacial score (nSPS) is 20.7. The van der Waals surface area contributed by atoms with Gasteiger partial charge in [0.2, 0.25) is 0 Å². The highest BCUT2D eigenvalue weighted by atomic mass is 16.5. The van der Waals surface area contributed by atoms with Gasteiger partial charge in [-0.2, -0.15) is 15.1 Å². The molecule has 2 aliphatic heterocycles. The lowest BCUT2D eigenvalue weighted by Crippen LogP contribution is -2.32. The quantitative estimate of drug-likeness (QED) is 0.471. The Bertz CT molecular complexity index is 1020. The van der Waals surface area contributed by atoms with Crippen molar-refractivity contribution in [2.75, 3.05) is 38.4 Å². The van der Waals surface area contributed by atoms with Gasteiger partial charge in [0.15, 0.2) is 5.82 Å². The summed E-state index contributed by atoms with van der Waals surface area (Å²) in [5.74, 6) is 2.04. The van der Waals surface area contributed by atoms with E-state index >= 15 is 0 Å². The molecule has 0 amide bonds. The molecule has 9 nitrogen and oxygen atoms in total. The molecule has 2 aromatic heterocycles. The topological polar surface area (TPSA) is 94.8 Å². The Balaban J connectivity index is 1.63. The van der Waals surface area contributed by atoms with Gasteiger partial charge in [-0.3, -0.25) is 0 Å². The van der Waals surface area contributed by atoms with Crippen molar-refractivity contribution < 1.29 is 19.3 Å². The van der Waals surface area contributed by atoms with Crippen molar-refractivity contribution in [1.82, 2.24) is 19.7 Å². The SMILES string of the molecule is C=C(/C=C(\C=C/C)OC)c1ccn(-c2cc(N3CC[C@H]4OCC[C@H]43)nc(OCCO)n2)n1. The van der Waals surface area contributed by atoms with Crippen LogP contribution in [0.25, 0.3) is 11.4 Å². The summed E-state index contributed by atoms with van der Waals surface area (Å²) in [6.07, 6.45) is 9.61. The summed E-state index contributed by atoms with van der Waals surface area (Å²) in [5, 5.41) is 13.8. The first-order valence-electron chi connectivity index (χ1n) is 10.8. The van der Waals surface area contributed by atoms with E-state index in [1.165, 1.54) is 0 Å². The molecular formula is C23H29N5O4. The summed E-state index contributed by atoms with van der Waals surface area (Å²) in [7, 11) is 1.62. The predicted octanol–water partition coefficient (Wildman–Crippen LogP) is 2.52. The van der Waals surface area contributed by atoms with E-state index in [1.807, 2.05) is 43.5 Å². The van der Waals surface area contributed by atoms with Crippen LogP contribution in [0.2, 0.25) is 0 Å². The lowest BCUT2D eigenvalue weighted by molar-refractivity contribution is 0.113. The maximum Gasteiger partial charge on any atom is 0.320 e. The minimum absolute atomic E-state index is 0.114. The molecule has 9 heteroatoms. The third-order valence-corrected chi connectivity index (χ3v) is 5.56. The van der Waals surface area contributed by atoms with Gasteiger partial charge in [0.25, 0.3) is 0 Å². The van der Waals surface area contributed by atoms with Crippen molar-refractivity contribution in [2.45, 2.75) is 31.9 Å². The number of aromatic nitrogens is 4. The van der Waals surface area contributed by atoms with Gasteiger partial charge < -0.3 is 24.2 Å². The van der Waals surface area contributed by atoms with Gasteiger partial charge in [-0.15, -0.1) is 0 Å². The second-order valence-electron chi connectivity index (χ2n) is 7.61. The van der Waals surface area contributed by atoms with E-state index in [9.17, 15) is 0 Å². The van der Waals surface area contributed by atoms with Gasteiger partial charge >= 0.3 is 6.01 Å². The molecule has 0 bridgehead atoms. The zero-order valence-electron chi connectivity index (χ0n) is 18.5. The average Bonchev–Trinajstić information content (AvgIpc) is 3.54. The zero-order valence-corrected chi connectivity index (χ0v) is 18.5. The van der Waals surface area contributed by atoms with Crippen molar-refractivity contribution in [3.63, 3.8) is 0 Å². The van der Waals surface area contributed by atoms with Crippen LogP contribution >= 0.6 is 0 Å². The molecule has 4 rings (SSSR count). The maximum absolute atomic E-state index is 9.16. The Labute approximate surface area is 187 Å². The van der Waals surface area contributed by atoms with E-state index in [4.69, 9.17) is 19.3 Å². The number of anilines is 1. The molecule has 0 aromatic carbocycles. The molecule has 2 fully saturated rings. The van der Waals surface area contributed by atoms with E-state index in [-0.39, 0.29) is 25.3 Å². The van der Waals surface area contributed by atoms with Gasteiger partial charge in [-0.05, 0) is 43.6 Å². The molecule has 0 unspecified atom stereocenters. The summed E-state index contributed by atoms with van der Waals surface area (Å²) in [6, 6.07) is 4.29. The van der Waals surface area contributed by atoms with Crippen molar-refractivity contribution in [1.29, 1.82) is 0 Å². The summed E-state index contributed by atoms with van der Waals surface area (Å²) in [6.45, 7) is 7.67. The number of fused-ring (bicyclic) bond motifs is 1. The fourth-order valence-electron chi connectivity index (χ4n) is 4.06. The zero-order chi connectivity index (χ0) is 22.5. The number of hydrogen-bond acceptors (Lipinski definition) is 8. The Kier molecular flexibility index (Phi) is 6.87. The minimum atomic E-state index is -0.114. The molecule has 2 aromatic rings. The molecule has 170 valence electrons. The molecule has 0 aliphatic carbocycles. The number of allylic oxidation sites excluding steroid dienone is 4. The van der Waals surface area contributed by atoms with Crippen LogP contribution in [-0.4, -0.2) is 70.5 Å². The number of rotatable bonds is 9. The van der Waals surface area contributed by atoms with Gasteiger partial charge in [-0.25, -0.2) is 4.68 Å². The highest BCUT2D eigenvalue weighted by Crippen LogP contribution is 2.33. The number of hydrogen-bond donors (Lipinski definition) is 1. The fourth-order valence-corrected chi connectivity index (χ4v) is 4.06. The van der Waals surface area contributed by atoms with E-state index in [0.29, 0.717) is 23.3 Å². The molecule has 2 aliphatic rings. The minimum Gasteiger partial charge on any atom is -0.497 e. The standard InChI is InChI=1S/C23H29N5O4/c1-4-5-17(30-3)14-16(2)18-6-10-28(26-18)22-15-21(24-23(25-22)32-13-11-29)27-9-7-20-19(27)8-12-31-20/h4-6,10,14-15,19-20,29H,2,7-9,11-13H2,1,3H3/b5-4-,17-14+/t19-,20-/m1/s1. The van der Waals surface area contributed by atoms with Crippen LogP contribution < -0.4 is 9.64 Å². The molecule has 32 heavy (non-hydrogen) atoms. The number of methoxy groups -OCH3 is 1. The lowest BCUT2D eigenvalue weighted by atomic mass is 10.1. The molecule has 2 atom stereocenters. The van der Waals surface area contributed by atoms with E-state index < -0.39 is 0 Å². The molecule has 0 saturated carbocycles. The fraction of sp³-hybridized carbons (Fsp3) is 0.435. The maximum atomic E-state index is 9.16. The first kappa shape index (κ1) is 22.0. The Hall–Kier alpha value is -3.17. The number of aliphatic hydroxyl groups is 1. The molecule has 4 heterocycles. The number of aliphatic hydroxyl groups excluding tert-OH is 1. The van der Waals surface area contributed by atoms with Crippen molar-refractivity contribution in [3.8, 4) is 11.8 Å². The van der Waals surface area contributed by atoms with Crippen molar-refractivity contribution in [2.24, 2.45) is 0 Å². The van der Waals surface area contributed by atoms with Crippen LogP contribution in [0.3, 0.4) is 0 Å². The first-order chi connectivity index (χ1) is 15.6. The van der Waals surface area contributed by atoms with Crippen LogP contribution in [0.1, 0.15) is 25.5 Å². The second kappa shape index (κ2) is 9.97. The van der Waals surface area contributed by atoms with Gasteiger partial charge in [0.1, 0.15) is 18.2 Å². The number of ether oxygens (including phenoxy) is 3. The highest BCUT2D eigenvalue weighted by molar-refractivity contribution is 5.70. The second-order valence-corrected chi connectivity index (χ2v) is 7.61. The summed E-state index contributed by atoms with van der Waals surface area (Å²) < 4.78 is 18.4. The predicted molar refractivity (Wildman–Crippen MR) is 121 cm³/mol. The van der Waals surface area contributed by atoms with E-state index in [2.05, 4.69) is 26.5 Å². The van der Waals surface area contributed by atoms with E-state index in [0.717, 1.165) is 37.4 Å². The van der Waals surface area contributed by atoms with Crippen LogP contribution in [-0.2, 0) is 9.47 Å². The summed E-state index contributed by atoms with van der Waals surface area (Å²) in [5.41, 5.74) is 1.42. The van der Waals surface area contributed by atoms with Crippen LogP contribution in [0.15, 0.2) is 48.9 Å². The molecule has 0 radical (unpaired) electrons. The average molecular weight is 440 g/mol. The molecule has 0 spiro atoms. The van der Waals surface area contributed by atoms with Crippen LogP contribution in [0.5, 0.6) is 6.01 Å². The van der Waals surface area contributed by atoms with E-state index in [1.54, 1.807) is 11.8 Å². The van der Waals surface area contributed by atoms with Crippen LogP contribution in [0.4, 0.5) is 5.82 Å². The Morgan fingerprint density at radius 1 is 1.34 bits per heavy atom. The third kappa shape index (κ3) is 4.68. The largest absolute Gasteiger partial charge is 0.497 e. The van der Waals surface area contributed by atoms with Crippen molar-refractivity contribution >= 4 is 11.4 Å². The van der Waals surface area contributed by atoms with Gasteiger partial charge in [-0.1, -0.05) is 12.7 Å². The molecule has 2 saturated heterocycles. The third-order valence-electron chi connectivity index (χ3n) is 5.56. The monoisotopic (exact) mass is 439 g/mol. The lowest BCUT2D eigenvalue weighted by Gasteiger charge is -2.24. The van der Waals surface area contributed by atoms with Gasteiger partial charge in [0.05, 0.1) is 31.6 Å². The first-order valence-corrected chi connectivity index (χ1v) is 10.8. The summed E-state index contributed by atoms with van der Waals surface area (Å²) >= 11 is 0. The van der Waals surface area contributed by atoms with Gasteiger partial charge in [0, 0.05) is 25.4 Å². The molecule has 1 N–H and O–H groups in total. The van der Waals surface area contributed by atoms with Crippen LogP contribution in [0, 0.1) is 0 Å². The molecular weight excluding hydrogens is 410 g/mol. The highest BCUT2D eigenvalue weighted by Gasteiger charge is 2.39. The summed E-state index contributed by atoms with van der Waals surface area (Å²) in [4.78, 5) is 11.3. The van der Waals surface area contributed by atoms with Crippen molar-refractivity contribution in [3.05, 3.63) is 54.6 Å².